The molecular formula is C11H14N2. The summed E-state index contributed by atoms with van der Waals surface area (Å²) in [5.74, 6) is 0.493. The Morgan fingerprint density at radius 1 is 1.38 bits per heavy atom. The van der Waals surface area contributed by atoms with Gasteiger partial charge in [0.05, 0.1) is 17.4 Å². The third kappa shape index (κ3) is 1.32. The van der Waals surface area contributed by atoms with Gasteiger partial charge in [-0.25, -0.2) is 0 Å². The minimum Gasteiger partial charge on any atom is -0.320 e. The number of aryl methyl sites for hydroxylation is 1. The molecule has 2 nitrogen and oxygen atoms in total. The first-order chi connectivity index (χ1) is 6.18. The first kappa shape index (κ1) is 8.30. The van der Waals surface area contributed by atoms with Crippen LogP contribution >= 0.6 is 0 Å². The van der Waals surface area contributed by atoms with Gasteiger partial charge in [0.15, 0.2) is 0 Å². The molecule has 0 atom stereocenters. The molecule has 2 aromatic heterocycles. The molecule has 2 heterocycles. The molecule has 0 N–H and O–H groups in total. The van der Waals surface area contributed by atoms with Gasteiger partial charge in [-0.05, 0) is 24.5 Å². The van der Waals surface area contributed by atoms with Crippen molar-refractivity contribution in [2.75, 3.05) is 0 Å². The number of hydrogen-bond acceptors (Lipinski definition) is 1. The predicted octanol–water partition coefficient (Wildman–Crippen LogP) is 2.77. The van der Waals surface area contributed by atoms with E-state index in [-0.39, 0.29) is 0 Å². The zero-order valence-corrected chi connectivity index (χ0v) is 8.28. The molecule has 0 saturated heterocycles. The van der Waals surface area contributed by atoms with E-state index in [2.05, 4.69) is 48.6 Å². The predicted molar refractivity (Wildman–Crippen MR) is 54.0 cm³/mol. The van der Waals surface area contributed by atoms with E-state index in [0.717, 1.165) is 5.69 Å². The van der Waals surface area contributed by atoms with Gasteiger partial charge in [0.1, 0.15) is 0 Å². The van der Waals surface area contributed by atoms with E-state index >= 15 is 0 Å². The largest absolute Gasteiger partial charge is 0.320 e. The SMILES string of the molecule is Cc1ccn2cc(C(C)C)ncc12. The normalized spacial score (nSPS) is 11.4. The van der Waals surface area contributed by atoms with Crippen LogP contribution in [0.2, 0.25) is 0 Å². The van der Waals surface area contributed by atoms with E-state index in [1.165, 1.54) is 11.1 Å². The summed E-state index contributed by atoms with van der Waals surface area (Å²) >= 11 is 0. The molecule has 0 aliphatic rings. The standard InChI is InChI=1S/C11H14N2/c1-8(2)10-7-13-5-4-9(3)11(13)6-12-10/h4-8H,1-3H3. The summed E-state index contributed by atoms with van der Waals surface area (Å²) in [6.45, 7) is 6.42. The molecule has 0 bridgehead atoms. The highest BCUT2D eigenvalue weighted by molar-refractivity contribution is 5.53. The summed E-state index contributed by atoms with van der Waals surface area (Å²) in [4.78, 5) is 4.42. The van der Waals surface area contributed by atoms with E-state index in [0.29, 0.717) is 5.92 Å². The van der Waals surface area contributed by atoms with Crippen LogP contribution in [0.4, 0.5) is 0 Å². The van der Waals surface area contributed by atoms with Crippen LogP contribution in [0.1, 0.15) is 31.0 Å². The number of aromatic nitrogens is 2. The summed E-state index contributed by atoms with van der Waals surface area (Å²) in [5, 5.41) is 0. The van der Waals surface area contributed by atoms with Gasteiger partial charge >= 0.3 is 0 Å². The summed E-state index contributed by atoms with van der Waals surface area (Å²) in [6, 6.07) is 2.11. The highest BCUT2D eigenvalue weighted by Crippen LogP contribution is 2.15. The Kier molecular flexibility index (Phi) is 1.83. The maximum absolute atomic E-state index is 4.42. The smallest absolute Gasteiger partial charge is 0.0663 e. The Balaban J connectivity index is 2.63. The van der Waals surface area contributed by atoms with E-state index < -0.39 is 0 Å². The first-order valence-electron chi connectivity index (χ1n) is 4.61. The van der Waals surface area contributed by atoms with Gasteiger partial charge in [-0.2, -0.15) is 0 Å². The van der Waals surface area contributed by atoms with Crippen molar-refractivity contribution in [3.05, 3.63) is 35.9 Å². The summed E-state index contributed by atoms with van der Waals surface area (Å²) < 4.78 is 2.14. The van der Waals surface area contributed by atoms with Gasteiger partial charge in [0.25, 0.3) is 0 Å². The van der Waals surface area contributed by atoms with Crippen LogP contribution in [-0.4, -0.2) is 9.38 Å². The quantitative estimate of drug-likeness (QED) is 0.649. The topological polar surface area (TPSA) is 17.3 Å². The van der Waals surface area contributed by atoms with Crippen LogP contribution in [0.3, 0.4) is 0 Å². The molecule has 0 aliphatic heterocycles. The van der Waals surface area contributed by atoms with Crippen LogP contribution in [-0.2, 0) is 0 Å². The van der Waals surface area contributed by atoms with E-state index in [4.69, 9.17) is 0 Å². The number of rotatable bonds is 1. The second-order valence-corrected chi connectivity index (χ2v) is 3.76. The van der Waals surface area contributed by atoms with Crippen molar-refractivity contribution in [1.82, 2.24) is 9.38 Å². The fourth-order valence-electron chi connectivity index (χ4n) is 1.45. The van der Waals surface area contributed by atoms with Gasteiger partial charge in [0, 0.05) is 12.4 Å². The third-order valence-corrected chi connectivity index (χ3v) is 2.37. The molecule has 0 saturated carbocycles. The minimum atomic E-state index is 0.493. The van der Waals surface area contributed by atoms with E-state index in [9.17, 15) is 0 Å². The lowest BCUT2D eigenvalue weighted by molar-refractivity contribution is 0.808. The molecule has 68 valence electrons. The van der Waals surface area contributed by atoms with E-state index in [1.807, 2.05) is 6.20 Å². The Morgan fingerprint density at radius 2 is 2.15 bits per heavy atom. The van der Waals surface area contributed by atoms with Crippen LogP contribution in [0, 0.1) is 6.92 Å². The average Bonchev–Trinajstić information content (AvgIpc) is 2.47. The highest BCUT2D eigenvalue weighted by Gasteiger charge is 2.03. The molecule has 0 spiro atoms. The lowest BCUT2D eigenvalue weighted by Gasteiger charge is -2.04. The highest BCUT2D eigenvalue weighted by atomic mass is 14.9. The minimum absolute atomic E-state index is 0.493. The van der Waals surface area contributed by atoms with Gasteiger partial charge in [-0.1, -0.05) is 13.8 Å². The van der Waals surface area contributed by atoms with Crippen LogP contribution < -0.4 is 0 Å². The summed E-state index contributed by atoms with van der Waals surface area (Å²) in [6.07, 6.45) is 6.13. The van der Waals surface area contributed by atoms with Crippen molar-refractivity contribution in [1.29, 1.82) is 0 Å². The zero-order valence-electron chi connectivity index (χ0n) is 8.28. The molecular weight excluding hydrogens is 160 g/mol. The second kappa shape index (κ2) is 2.87. The monoisotopic (exact) mass is 174 g/mol. The molecule has 0 aliphatic carbocycles. The molecule has 2 aromatic rings. The van der Waals surface area contributed by atoms with E-state index in [1.54, 1.807) is 0 Å². The lowest BCUT2D eigenvalue weighted by Crippen LogP contribution is -1.95. The van der Waals surface area contributed by atoms with Crippen LogP contribution in [0.15, 0.2) is 24.7 Å². The van der Waals surface area contributed by atoms with Crippen molar-refractivity contribution in [2.24, 2.45) is 0 Å². The average molecular weight is 174 g/mol. The third-order valence-electron chi connectivity index (χ3n) is 2.37. The Hall–Kier alpha value is -1.31. The maximum Gasteiger partial charge on any atom is 0.0663 e. The molecule has 2 heteroatoms. The molecule has 13 heavy (non-hydrogen) atoms. The molecule has 0 unspecified atom stereocenters. The van der Waals surface area contributed by atoms with Gasteiger partial charge in [-0.3, -0.25) is 4.98 Å². The first-order valence-corrected chi connectivity index (χ1v) is 4.61. The second-order valence-electron chi connectivity index (χ2n) is 3.76. The fourth-order valence-corrected chi connectivity index (χ4v) is 1.45. The van der Waals surface area contributed by atoms with Crippen LogP contribution in [0.25, 0.3) is 5.52 Å². The van der Waals surface area contributed by atoms with Crippen molar-refractivity contribution in [3.8, 4) is 0 Å². The molecule has 2 rings (SSSR count). The summed E-state index contributed by atoms with van der Waals surface area (Å²) in [7, 11) is 0. The summed E-state index contributed by atoms with van der Waals surface area (Å²) in [5.41, 5.74) is 3.62. The zero-order chi connectivity index (χ0) is 9.42. The Bertz CT molecular complexity index is 427. The molecule has 0 amide bonds. The molecule has 0 radical (unpaired) electrons. The molecule has 0 aromatic carbocycles. The Morgan fingerprint density at radius 3 is 2.85 bits per heavy atom. The van der Waals surface area contributed by atoms with Crippen molar-refractivity contribution in [3.63, 3.8) is 0 Å². The fraction of sp³-hybridized carbons (Fsp3) is 0.364. The van der Waals surface area contributed by atoms with Gasteiger partial charge in [-0.15, -0.1) is 0 Å². The maximum atomic E-state index is 4.42. The number of hydrogen-bond donors (Lipinski definition) is 0. The van der Waals surface area contributed by atoms with Crippen molar-refractivity contribution >= 4 is 5.52 Å². The van der Waals surface area contributed by atoms with Crippen molar-refractivity contribution < 1.29 is 0 Å². The van der Waals surface area contributed by atoms with Crippen molar-refractivity contribution in [2.45, 2.75) is 26.7 Å². The molecule has 0 fully saturated rings. The number of fused-ring (bicyclic) bond motifs is 1. The van der Waals surface area contributed by atoms with Gasteiger partial charge in [0.2, 0.25) is 0 Å². The Labute approximate surface area is 78.2 Å². The number of nitrogens with zero attached hydrogens (tertiary/aromatic N) is 2. The van der Waals surface area contributed by atoms with Gasteiger partial charge < -0.3 is 4.40 Å². The van der Waals surface area contributed by atoms with Crippen LogP contribution in [0.5, 0.6) is 0 Å². The lowest BCUT2D eigenvalue weighted by atomic mass is 10.1.